The summed E-state index contributed by atoms with van der Waals surface area (Å²) in [7, 11) is 0. The van der Waals surface area contributed by atoms with Gasteiger partial charge in [0, 0.05) is 29.1 Å². The summed E-state index contributed by atoms with van der Waals surface area (Å²) in [6.45, 7) is 0. The normalized spacial score (nSPS) is 23.4. The molecule has 0 saturated heterocycles. The molecule has 2 amide bonds. The number of Topliss-reactive ketones (excluding diaryl/α,β-unsaturated/α-hetero) is 1. The molecule has 4 atom stereocenters. The number of hydrogen-bond donors (Lipinski definition) is 5. The third-order valence-corrected chi connectivity index (χ3v) is 9.06. The van der Waals surface area contributed by atoms with E-state index in [1.165, 1.54) is 11.3 Å². The molecule has 11 heteroatoms. The third kappa shape index (κ3) is 4.57. The number of rotatable bonds is 6. The summed E-state index contributed by atoms with van der Waals surface area (Å²) in [4.78, 5) is 38.9. The second-order valence-corrected chi connectivity index (χ2v) is 11.4. The van der Waals surface area contributed by atoms with Gasteiger partial charge in [-0.2, -0.15) is 0 Å². The number of benzene rings is 3. The number of amides is 2. The van der Waals surface area contributed by atoms with Crippen LogP contribution in [0.4, 0.5) is 10.5 Å². The molecule has 0 spiro atoms. The van der Waals surface area contributed by atoms with E-state index >= 15 is 0 Å². The van der Waals surface area contributed by atoms with Gasteiger partial charge in [-0.1, -0.05) is 36.4 Å². The second kappa shape index (κ2) is 10.2. The number of primary amides is 1. The number of nitrogen functional groups attached to an aromatic ring is 1. The number of anilines is 1. The van der Waals surface area contributed by atoms with Crippen molar-refractivity contribution in [3.05, 3.63) is 88.3 Å². The van der Waals surface area contributed by atoms with Crippen LogP contribution < -0.4 is 33.0 Å². The number of ether oxygens (including phenoxy) is 2. The molecule has 3 aromatic carbocycles. The first-order valence-electron chi connectivity index (χ1n) is 13.2. The van der Waals surface area contributed by atoms with E-state index in [2.05, 4.69) is 5.32 Å². The van der Waals surface area contributed by atoms with E-state index in [0.29, 0.717) is 68.1 Å². The van der Waals surface area contributed by atoms with Crippen LogP contribution in [0.2, 0.25) is 0 Å². The van der Waals surface area contributed by atoms with Gasteiger partial charge in [0.25, 0.3) is 5.91 Å². The molecule has 9 N–H and O–H groups in total. The summed E-state index contributed by atoms with van der Waals surface area (Å²) in [5.74, 6) is 0.465. The predicted octanol–water partition coefficient (Wildman–Crippen LogP) is 3.81. The zero-order chi connectivity index (χ0) is 28.9. The van der Waals surface area contributed by atoms with Gasteiger partial charge in [-0.25, -0.2) is 4.79 Å². The Balaban J connectivity index is 1.35. The lowest BCUT2D eigenvalue weighted by Gasteiger charge is -2.36. The molecular weight excluding hydrogens is 542 g/mol. The van der Waals surface area contributed by atoms with Crippen molar-refractivity contribution in [3.8, 4) is 11.5 Å². The van der Waals surface area contributed by atoms with Crippen LogP contribution in [0.5, 0.6) is 11.5 Å². The van der Waals surface area contributed by atoms with Crippen LogP contribution in [0.1, 0.15) is 51.7 Å². The van der Waals surface area contributed by atoms with E-state index in [-0.39, 0.29) is 18.1 Å². The summed E-state index contributed by atoms with van der Waals surface area (Å²) in [6, 6.07) is 18.4. The molecule has 0 bridgehead atoms. The van der Waals surface area contributed by atoms with Crippen molar-refractivity contribution in [3.63, 3.8) is 0 Å². The lowest BCUT2D eigenvalue weighted by atomic mass is 9.70. The molecule has 1 saturated carbocycles. The van der Waals surface area contributed by atoms with E-state index in [0.717, 1.165) is 0 Å². The largest absolute Gasteiger partial charge is 0.457 e. The average molecular weight is 572 g/mol. The van der Waals surface area contributed by atoms with E-state index < -0.39 is 23.5 Å². The van der Waals surface area contributed by atoms with Gasteiger partial charge < -0.3 is 37.7 Å². The molecule has 41 heavy (non-hydrogen) atoms. The Kier molecular flexibility index (Phi) is 6.65. The van der Waals surface area contributed by atoms with E-state index in [1.54, 1.807) is 36.4 Å². The molecule has 2 aliphatic rings. The van der Waals surface area contributed by atoms with E-state index in [1.807, 2.05) is 30.3 Å². The molecule has 1 heterocycles. The van der Waals surface area contributed by atoms with Gasteiger partial charge in [-0.15, -0.1) is 11.3 Å². The monoisotopic (exact) mass is 571 g/mol. The fourth-order valence-electron chi connectivity index (χ4n) is 5.85. The summed E-state index contributed by atoms with van der Waals surface area (Å²) in [5, 5.41) is 3.62. The standard InChI is InChI=1S/C30H29N5O5S/c31-21-13-12-20-22-23(26(41-25(21)22)28(37)35-16-8-11-19(14-16)40-29(33)38)24(32)27(36)30(20,34)15-6-9-18(10-7-15)39-17-4-2-1-3-5-17/h1-7,9-10,12-13,16,19,24H,8,11,14,31-32,34H2,(H2,33,38)(H,35,37)/t16-,19+,24?,30?/m0/s1. The fraction of sp³-hybridized carbons (Fsp3) is 0.233. The van der Waals surface area contributed by atoms with Crippen LogP contribution in [0.25, 0.3) is 10.1 Å². The van der Waals surface area contributed by atoms with Gasteiger partial charge in [0.1, 0.15) is 23.1 Å². The van der Waals surface area contributed by atoms with Gasteiger partial charge in [0.05, 0.1) is 15.6 Å². The van der Waals surface area contributed by atoms with E-state index in [4.69, 9.17) is 32.4 Å². The maximum Gasteiger partial charge on any atom is 0.404 e. The van der Waals surface area contributed by atoms with Gasteiger partial charge in [0.15, 0.2) is 5.78 Å². The number of carbonyl (C=O) groups excluding carboxylic acids is 3. The molecule has 2 aliphatic carbocycles. The first-order valence-corrected chi connectivity index (χ1v) is 14.0. The topological polar surface area (TPSA) is 186 Å². The molecule has 1 aromatic heterocycles. The smallest absolute Gasteiger partial charge is 0.404 e. The van der Waals surface area contributed by atoms with Crippen molar-refractivity contribution >= 4 is 44.9 Å². The van der Waals surface area contributed by atoms with Crippen molar-refractivity contribution < 1.29 is 23.9 Å². The molecule has 2 unspecified atom stereocenters. The molecule has 6 rings (SSSR count). The van der Waals surface area contributed by atoms with Crippen molar-refractivity contribution in [1.82, 2.24) is 5.32 Å². The SMILES string of the molecule is NC(=O)O[C@@H]1CC[C@H](NC(=O)c2sc3c(N)ccc4c3c2C(N)C(=O)C4(N)c2ccc(Oc3ccccc3)cc2)C1. The van der Waals surface area contributed by atoms with E-state index in [9.17, 15) is 14.4 Å². The number of carbonyl (C=O) groups is 3. The summed E-state index contributed by atoms with van der Waals surface area (Å²) in [5.41, 5.74) is 25.4. The summed E-state index contributed by atoms with van der Waals surface area (Å²) >= 11 is 1.19. The predicted molar refractivity (Wildman–Crippen MR) is 156 cm³/mol. The van der Waals surface area contributed by atoms with Gasteiger partial charge in [-0.3, -0.25) is 9.59 Å². The molecular formula is C30H29N5O5S. The number of hydrogen-bond acceptors (Lipinski definition) is 9. The third-order valence-electron chi connectivity index (χ3n) is 7.81. The maximum atomic E-state index is 14.0. The molecule has 0 aliphatic heterocycles. The zero-order valence-electron chi connectivity index (χ0n) is 22.0. The fourth-order valence-corrected chi connectivity index (χ4v) is 7.05. The van der Waals surface area contributed by atoms with Gasteiger partial charge in [0.2, 0.25) is 0 Å². The lowest BCUT2D eigenvalue weighted by molar-refractivity contribution is -0.124. The number of nitrogens with one attached hydrogen (secondary N) is 1. The highest BCUT2D eigenvalue weighted by Gasteiger charge is 2.49. The Bertz CT molecular complexity index is 1670. The van der Waals surface area contributed by atoms with Crippen LogP contribution >= 0.6 is 11.3 Å². The van der Waals surface area contributed by atoms with Crippen LogP contribution in [-0.4, -0.2) is 29.9 Å². The number of nitrogens with two attached hydrogens (primary N) is 4. The van der Waals surface area contributed by atoms with Gasteiger partial charge in [-0.05, 0) is 54.3 Å². The van der Waals surface area contributed by atoms with Gasteiger partial charge >= 0.3 is 6.09 Å². The van der Waals surface area contributed by atoms with Crippen molar-refractivity contribution in [2.75, 3.05) is 5.73 Å². The summed E-state index contributed by atoms with van der Waals surface area (Å²) in [6.07, 6.45) is 0.466. The maximum absolute atomic E-state index is 14.0. The summed E-state index contributed by atoms with van der Waals surface area (Å²) < 4.78 is 11.6. The van der Waals surface area contributed by atoms with Crippen molar-refractivity contribution in [2.24, 2.45) is 17.2 Å². The van der Waals surface area contributed by atoms with Crippen LogP contribution in [0, 0.1) is 0 Å². The highest BCUT2D eigenvalue weighted by molar-refractivity contribution is 7.21. The second-order valence-electron chi connectivity index (χ2n) is 10.4. The van der Waals surface area contributed by atoms with Crippen LogP contribution in [-0.2, 0) is 15.1 Å². The minimum Gasteiger partial charge on any atom is -0.457 e. The minimum absolute atomic E-state index is 0.221. The first kappa shape index (κ1) is 26.8. The molecule has 10 nitrogen and oxygen atoms in total. The Morgan fingerprint density at radius 1 is 0.976 bits per heavy atom. The van der Waals surface area contributed by atoms with Crippen LogP contribution in [0.3, 0.4) is 0 Å². The van der Waals surface area contributed by atoms with Crippen molar-refractivity contribution in [2.45, 2.75) is 43.0 Å². The Morgan fingerprint density at radius 3 is 2.39 bits per heavy atom. The zero-order valence-corrected chi connectivity index (χ0v) is 22.8. The molecule has 4 aromatic rings. The quantitative estimate of drug-likeness (QED) is 0.216. The van der Waals surface area contributed by atoms with Crippen molar-refractivity contribution in [1.29, 1.82) is 0 Å². The molecule has 210 valence electrons. The van der Waals surface area contributed by atoms with Crippen LogP contribution in [0.15, 0.2) is 66.7 Å². The minimum atomic E-state index is -1.57. The number of para-hydroxylation sites is 1. The first-order chi connectivity index (χ1) is 19.7. The highest BCUT2D eigenvalue weighted by Crippen LogP contribution is 2.49. The molecule has 1 fully saturated rings. The number of ketones is 1. The molecule has 0 radical (unpaired) electrons. The lowest BCUT2D eigenvalue weighted by Crippen LogP contribution is -2.52. The number of thiophene rings is 1. The Hall–Kier alpha value is -4.45. The Labute approximate surface area is 239 Å². The average Bonchev–Trinajstić information content (AvgIpc) is 3.57. The highest BCUT2D eigenvalue weighted by atomic mass is 32.1. The Morgan fingerprint density at radius 2 is 1.68 bits per heavy atom.